The zero-order chi connectivity index (χ0) is 21.4. The Hall–Kier alpha value is -4.13. The molecule has 7 heteroatoms. The van der Waals surface area contributed by atoms with Crippen molar-refractivity contribution in [2.75, 3.05) is 12.1 Å². The van der Waals surface area contributed by atoms with Crippen LogP contribution in [0.3, 0.4) is 0 Å². The number of hydrogen-bond donors (Lipinski definition) is 1. The number of imide groups is 1. The van der Waals surface area contributed by atoms with E-state index in [9.17, 15) is 9.59 Å². The molecule has 0 radical (unpaired) electrons. The Bertz CT molecular complexity index is 1200. The summed E-state index contributed by atoms with van der Waals surface area (Å²) in [4.78, 5) is 32.1. The molecular weight excluding hydrogens is 394 g/mol. The first-order valence-corrected chi connectivity index (χ1v) is 9.84. The lowest BCUT2D eigenvalue weighted by Crippen LogP contribution is -2.32. The van der Waals surface area contributed by atoms with Gasteiger partial charge in [-0.2, -0.15) is 0 Å². The second kappa shape index (κ2) is 7.60. The highest BCUT2D eigenvalue weighted by Crippen LogP contribution is 2.36. The van der Waals surface area contributed by atoms with Gasteiger partial charge in [0.05, 0.1) is 17.8 Å². The van der Waals surface area contributed by atoms with Gasteiger partial charge in [-0.15, -0.1) is 0 Å². The van der Waals surface area contributed by atoms with E-state index in [1.54, 1.807) is 36.5 Å². The summed E-state index contributed by atoms with van der Waals surface area (Å²) in [7, 11) is 0. The van der Waals surface area contributed by atoms with E-state index >= 15 is 0 Å². The minimum absolute atomic E-state index is 0.0974. The third-order valence-corrected chi connectivity index (χ3v) is 5.20. The lowest BCUT2D eigenvalue weighted by atomic mass is 10.0. The summed E-state index contributed by atoms with van der Waals surface area (Å²) in [6, 6.07) is 18.2. The number of nitrogens with zero attached hydrogens (tertiary/aromatic N) is 2. The molecule has 31 heavy (non-hydrogen) atoms. The Morgan fingerprint density at radius 2 is 1.77 bits per heavy atom. The molecule has 0 spiro atoms. The Kier molecular flexibility index (Phi) is 4.63. The van der Waals surface area contributed by atoms with E-state index in [1.807, 2.05) is 37.3 Å². The molecule has 0 bridgehead atoms. The van der Waals surface area contributed by atoms with Crippen LogP contribution in [0.15, 0.2) is 72.6 Å². The van der Waals surface area contributed by atoms with E-state index in [-0.39, 0.29) is 24.9 Å². The van der Waals surface area contributed by atoms with Gasteiger partial charge in [0.15, 0.2) is 11.5 Å². The molecule has 3 heterocycles. The maximum atomic E-state index is 13.3. The molecule has 2 amide bonds. The van der Waals surface area contributed by atoms with E-state index in [2.05, 4.69) is 10.3 Å². The van der Waals surface area contributed by atoms with Gasteiger partial charge in [-0.25, -0.2) is 0 Å². The van der Waals surface area contributed by atoms with Gasteiger partial charge in [0, 0.05) is 18.0 Å². The van der Waals surface area contributed by atoms with Crippen LogP contribution in [0, 0.1) is 6.92 Å². The number of nitrogens with one attached hydrogen (secondary N) is 1. The van der Waals surface area contributed by atoms with Crippen LogP contribution in [-0.4, -0.2) is 28.5 Å². The standard InChI is InChI=1S/C24H19N3O4/c1-15-5-7-16(8-6-15)21-22(26-17-9-10-19-20(12-17)31-14-30-19)24(29)27(23(21)28)13-18-4-2-3-11-25-18/h2-12,26H,13-14H2,1H3. The molecule has 0 fully saturated rings. The van der Waals surface area contributed by atoms with E-state index in [4.69, 9.17) is 9.47 Å². The minimum atomic E-state index is -0.399. The van der Waals surface area contributed by atoms with Crippen LogP contribution in [0.5, 0.6) is 11.5 Å². The number of aryl methyl sites for hydroxylation is 1. The van der Waals surface area contributed by atoms with Crippen LogP contribution < -0.4 is 14.8 Å². The summed E-state index contributed by atoms with van der Waals surface area (Å²) in [6.45, 7) is 2.23. The number of anilines is 1. The lowest BCUT2D eigenvalue weighted by molar-refractivity contribution is -0.137. The average molecular weight is 413 g/mol. The fourth-order valence-corrected chi connectivity index (χ4v) is 3.60. The molecule has 154 valence electrons. The van der Waals surface area contributed by atoms with Crippen molar-refractivity contribution in [1.29, 1.82) is 0 Å². The molecule has 1 aromatic heterocycles. The van der Waals surface area contributed by atoms with Gasteiger partial charge in [0.1, 0.15) is 5.70 Å². The van der Waals surface area contributed by atoms with Gasteiger partial charge in [0.2, 0.25) is 6.79 Å². The number of fused-ring (bicyclic) bond motifs is 1. The smallest absolute Gasteiger partial charge is 0.278 e. The summed E-state index contributed by atoms with van der Waals surface area (Å²) >= 11 is 0. The predicted molar refractivity (Wildman–Crippen MR) is 114 cm³/mol. The molecule has 3 aromatic rings. The van der Waals surface area contributed by atoms with Crippen LogP contribution >= 0.6 is 0 Å². The van der Waals surface area contributed by atoms with E-state index < -0.39 is 5.91 Å². The largest absolute Gasteiger partial charge is 0.454 e. The maximum Gasteiger partial charge on any atom is 0.278 e. The van der Waals surface area contributed by atoms with Crippen molar-refractivity contribution in [2.24, 2.45) is 0 Å². The number of amides is 2. The van der Waals surface area contributed by atoms with Crippen molar-refractivity contribution in [1.82, 2.24) is 9.88 Å². The fraction of sp³-hybridized carbons (Fsp3) is 0.125. The topological polar surface area (TPSA) is 80.8 Å². The number of ether oxygens (including phenoxy) is 2. The molecular formula is C24H19N3O4. The van der Waals surface area contributed by atoms with E-state index in [1.165, 1.54) is 4.90 Å². The van der Waals surface area contributed by atoms with Crippen LogP contribution in [0.25, 0.3) is 5.57 Å². The number of carbonyl (C=O) groups excluding carboxylic acids is 2. The van der Waals surface area contributed by atoms with Crippen LogP contribution in [0.1, 0.15) is 16.8 Å². The molecule has 2 aliphatic rings. The quantitative estimate of drug-likeness (QED) is 0.645. The van der Waals surface area contributed by atoms with Gasteiger partial charge in [-0.1, -0.05) is 35.9 Å². The normalized spacial score (nSPS) is 15.1. The molecule has 2 aromatic carbocycles. The third-order valence-electron chi connectivity index (χ3n) is 5.20. The zero-order valence-corrected chi connectivity index (χ0v) is 16.8. The maximum absolute atomic E-state index is 13.3. The van der Waals surface area contributed by atoms with Gasteiger partial charge in [0.25, 0.3) is 11.8 Å². The molecule has 0 atom stereocenters. The lowest BCUT2D eigenvalue weighted by Gasteiger charge is -2.15. The minimum Gasteiger partial charge on any atom is -0.454 e. The highest BCUT2D eigenvalue weighted by atomic mass is 16.7. The molecule has 2 aliphatic heterocycles. The van der Waals surface area contributed by atoms with Crippen LogP contribution in [0.2, 0.25) is 0 Å². The summed E-state index contributed by atoms with van der Waals surface area (Å²) < 4.78 is 10.8. The zero-order valence-electron chi connectivity index (χ0n) is 16.8. The van der Waals surface area contributed by atoms with Gasteiger partial charge < -0.3 is 14.8 Å². The highest BCUT2D eigenvalue weighted by molar-refractivity contribution is 6.36. The number of carbonyl (C=O) groups is 2. The molecule has 0 saturated carbocycles. The summed E-state index contributed by atoms with van der Waals surface area (Å²) in [5.74, 6) is 0.472. The van der Waals surface area contributed by atoms with Crippen molar-refractivity contribution in [3.8, 4) is 11.5 Å². The molecule has 0 saturated heterocycles. The Morgan fingerprint density at radius 3 is 2.55 bits per heavy atom. The molecule has 7 nitrogen and oxygen atoms in total. The summed E-state index contributed by atoms with van der Waals surface area (Å²) in [5, 5.41) is 3.14. The first kappa shape index (κ1) is 18.9. The number of rotatable bonds is 5. The number of benzene rings is 2. The van der Waals surface area contributed by atoms with Crippen LogP contribution in [0.4, 0.5) is 5.69 Å². The average Bonchev–Trinajstić information content (AvgIpc) is 3.34. The number of aromatic nitrogens is 1. The number of pyridine rings is 1. The second-order valence-corrected chi connectivity index (χ2v) is 7.33. The monoisotopic (exact) mass is 413 g/mol. The Balaban J connectivity index is 1.53. The van der Waals surface area contributed by atoms with E-state index in [0.717, 1.165) is 5.56 Å². The first-order chi connectivity index (χ1) is 15.1. The van der Waals surface area contributed by atoms with Crippen molar-refractivity contribution < 1.29 is 19.1 Å². The number of hydrogen-bond acceptors (Lipinski definition) is 6. The molecule has 1 N–H and O–H groups in total. The van der Waals surface area contributed by atoms with E-state index in [0.29, 0.717) is 34.0 Å². The van der Waals surface area contributed by atoms with Crippen molar-refractivity contribution >= 4 is 23.1 Å². The third kappa shape index (κ3) is 3.50. The molecule has 5 rings (SSSR count). The van der Waals surface area contributed by atoms with Gasteiger partial charge in [-0.3, -0.25) is 19.5 Å². The van der Waals surface area contributed by atoms with Crippen molar-refractivity contribution in [2.45, 2.75) is 13.5 Å². The van der Waals surface area contributed by atoms with Gasteiger partial charge in [-0.05, 0) is 36.8 Å². The Morgan fingerprint density at radius 1 is 0.968 bits per heavy atom. The van der Waals surface area contributed by atoms with Crippen molar-refractivity contribution in [3.05, 3.63) is 89.4 Å². The summed E-state index contributed by atoms with van der Waals surface area (Å²) in [5.41, 5.74) is 3.57. The second-order valence-electron chi connectivity index (χ2n) is 7.33. The SMILES string of the molecule is Cc1ccc(C2=C(Nc3ccc4c(c3)OCO4)C(=O)N(Cc3ccccn3)C2=O)cc1. The molecule has 0 unspecified atom stereocenters. The van der Waals surface area contributed by atoms with Crippen molar-refractivity contribution in [3.63, 3.8) is 0 Å². The first-order valence-electron chi connectivity index (χ1n) is 9.84. The van der Waals surface area contributed by atoms with Gasteiger partial charge >= 0.3 is 0 Å². The Labute approximate surface area is 178 Å². The fourth-order valence-electron chi connectivity index (χ4n) is 3.60. The summed E-state index contributed by atoms with van der Waals surface area (Å²) in [6.07, 6.45) is 1.64. The predicted octanol–water partition coefficient (Wildman–Crippen LogP) is 3.51. The molecule has 0 aliphatic carbocycles. The van der Waals surface area contributed by atoms with Crippen LogP contribution in [-0.2, 0) is 16.1 Å². The highest BCUT2D eigenvalue weighted by Gasteiger charge is 2.39.